The molecule has 1 saturated heterocycles. The SMILES string of the molecule is CC(c1ccc2nccnc2c1)N1CCN(c2cc(=O)n(C)c3ccc(C#N)nc23)[C@@H](C)C1. The molecule has 1 fully saturated rings. The zero-order valence-electron chi connectivity index (χ0n) is 18.9. The van der Waals surface area contributed by atoms with Gasteiger partial charge in [0, 0.05) is 57.2 Å². The number of anilines is 1. The predicted octanol–water partition coefficient (Wildman–Crippen LogP) is 3.02. The van der Waals surface area contributed by atoms with Crippen LogP contribution in [0.5, 0.6) is 0 Å². The summed E-state index contributed by atoms with van der Waals surface area (Å²) in [5, 5.41) is 9.33. The topological polar surface area (TPSA) is 90.9 Å². The monoisotopic (exact) mass is 439 g/mol. The van der Waals surface area contributed by atoms with Crippen molar-refractivity contribution in [2.45, 2.75) is 25.9 Å². The molecule has 166 valence electrons. The largest absolute Gasteiger partial charge is 0.364 e. The van der Waals surface area contributed by atoms with E-state index in [0.29, 0.717) is 11.2 Å². The van der Waals surface area contributed by atoms with E-state index >= 15 is 0 Å². The molecule has 1 aliphatic rings. The van der Waals surface area contributed by atoms with Gasteiger partial charge in [-0.1, -0.05) is 6.07 Å². The molecule has 8 nitrogen and oxygen atoms in total. The van der Waals surface area contributed by atoms with Gasteiger partial charge in [-0.25, -0.2) is 4.98 Å². The van der Waals surface area contributed by atoms with Crippen LogP contribution in [-0.4, -0.2) is 50.1 Å². The summed E-state index contributed by atoms with van der Waals surface area (Å²) in [6, 6.07) is 13.9. The molecule has 1 unspecified atom stereocenters. The molecule has 2 atom stereocenters. The number of hydrogen-bond acceptors (Lipinski definition) is 7. The predicted molar refractivity (Wildman–Crippen MR) is 128 cm³/mol. The van der Waals surface area contributed by atoms with Crippen molar-refractivity contribution in [3.8, 4) is 6.07 Å². The molecule has 0 N–H and O–H groups in total. The van der Waals surface area contributed by atoms with E-state index in [0.717, 1.165) is 41.9 Å². The second-order valence-corrected chi connectivity index (χ2v) is 8.62. The first-order valence-corrected chi connectivity index (χ1v) is 11.1. The highest BCUT2D eigenvalue weighted by Gasteiger charge is 2.29. The molecule has 1 aromatic carbocycles. The first-order valence-electron chi connectivity index (χ1n) is 11.1. The summed E-state index contributed by atoms with van der Waals surface area (Å²) in [5.74, 6) is 0. The summed E-state index contributed by atoms with van der Waals surface area (Å²) in [4.78, 5) is 30.7. The number of fused-ring (bicyclic) bond motifs is 2. The van der Waals surface area contributed by atoms with Crippen molar-refractivity contribution in [3.63, 3.8) is 0 Å². The van der Waals surface area contributed by atoms with E-state index in [-0.39, 0.29) is 17.6 Å². The van der Waals surface area contributed by atoms with Crippen LogP contribution in [0.15, 0.2) is 53.6 Å². The quantitative estimate of drug-likeness (QED) is 0.485. The summed E-state index contributed by atoms with van der Waals surface area (Å²) in [6.07, 6.45) is 3.43. The molecular formula is C25H25N7O. The van der Waals surface area contributed by atoms with Crippen LogP contribution in [0.4, 0.5) is 5.69 Å². The van der Waals surface area contributed by atoms with Crippen LogP contribution in [-0.2, 0) is 7.05 Å². The summed E-state index contributed by atoms with van der Waals surface area (Å²) >= 11 is 0. The maximum atomic E-state index is 12.6. The van der Waals surface area contributed by atoms with Crippen LogP contribution in [0.1, 0.15) is 31.1 Å². The average Bonchev–Trinajstić information content (AvgIpc) is 2.85. The van der Waals surface area contributed by atoms with Crippen molar-refractivity contribution >= 4 is 27.8 Å². The van der Waals surface area contributed by atoms with Gasteiger partial charge >= 0.3 is 0 Å². The number of rotatable bonds is 3. The van der Waals surface area contributed by atoms with Crippen molar-refractivity contribution in [3.05, 3.63) is 70.4 Å². The average molecular weight is 440 g/mol. The van der Waals surface area contributed by atoms with Crippen molar-refractivity contribution in [2.24, 2.45) is 7.05 Å². The maximum absolute atomic E-state index is 12.6. The summed E-state index contributed by atoms with van der Waals surface area (Å²) in [5.41, 5.74) is 5.50. The molecule has 0 aliphatic carbocycles. The molecule has 4 aromatic rings. The molecule has 33 heavy (non-hydrogen) atoms. The zero-order valence-corrected chi connectivity index (χ0v) is 18.9. The third-order valence-corrected chi connectivity index (χ3v) is 6.68. The van der Waals surface area contributed by atoms with Crippen LogP contribution in [0.25, 0.3) is 22.1 Å². The van der Waals surface area contributed by atoms with Crippen molar-refractivity contribution in [2.75, 3.05) is 24.5 Å². The van der Waals surface area contributed by atoms with Gasteiger partial charge in [0.1, 0.15) is 17.3 Å². The molecule has 0 saturated carbocycles. The number of aryl methyl sites for hydroxylation is 1. The molecule has 0 spiro atoms. The molecule has 5 rings (SSSR count). The van der Waals surface area contributed by atoms with Gasteiger partial charge < -0.3 is 9.47 Å². The summed E-state index contributed by atoms with van der Waals surface area (Å²) in [6.45, 7) is 6.84. The van der Waals surface area contributed by atoms with Gasteiger partial charge in [0.05, 0.1) is 22.2 Å². The number of piperazine rings is 1. The van der Waals surface area contributed by atoms with E-state index in [1.165, 1.54) is 5.56 Å². The van der Waals surface area contributed by atoms with Crippen molar-refractivity contribution < 1.29 is 0 Å². The number of aromatic nitrogens is 4. The summed E-state index contributed by atoms with van der Waals surface area (Å²) < 4.78 is 1.58. The van der Waals surface area contributed by atoms with Crippen LogP contribution < -0.4 is 10.5 Å². The summed E-state index contributed by atoms with van der Waals surface area (Å²) in [7, 11) is 1.74. The van der Waals surface area contributed by atoms with Crippen molar-refractivity contribution in [1.82, 2.24) is 24.4 Å². The van der Waals surface area contributed by atoms with Gasteiger partial charge in [-0.3, -0.25) is 19.7 Å². The Balaban J connectivity index is 1.44. The molecule has 0 bridgehead atoms. The van der Waals surface area contributed by atoms with E-state index in [9.17, 15) is 10.1 Å². The third-order valence-electron chi connectivity index (χ3n) is 6.68. The highest BCUT2D eigenvalue weighted by atomic mass is 16.1. The lowest BCUT2D eigenvalue weighted by molar-refractivity contribution is 0.176. The third kappa shape index (κ3) is 3.70. The number of benzene rings is 1. The molecular weight excluding hydrogens is 414 g/mol. The van der Waals surface area contributed by atoms with Crippen LogP contribution in [0, 0.1) is 11.3 Å². The number of hydrogen-bond donors (Lipinski definition) is 0. The first-order chi connectivity index (χ1) is 16.0. The van der Waals surface area contributed by atoms with E-state index in [1.54, 1.807) is 42.2 Å². The molecule has 4 heterocycles. The second kappa shape index (κ2) is 8.26. The van der Waals surface area contributed by atoms with Gasteiger partial charge in [-0.05, 0) is 43.7 Å². The Kier molecular flexibility index (Phi) is 5.27. The van der Waals surface area contributed by atoms with Crippen LogP contribution in [0.2, 0.25) is 0 Å². The lowest BCUT2D eigenvalue weighted by atomic mass is 10.0. The Hall–Kier alpha value is -3.83. The first kappa shape index (κ1) is 21.0. The van der Waals surface area contributed by atoms with Gasteiger partial charge in [0.25, 0.3) is 5.56 Å². The van der Waals surface area contributed by atoms with Crippen LogP contribution >= 0.6 is 0 Å². The lowest BCUT2D eigenvalue weighted by Crippen LogP contribution is -2.52. The molecule has 0 amide bonds. The smallest absolute Gasteiger partial charge is 0.252 e. The number of pyridine rings is 2. The minimum absolute atomic E-state index is 0.0794. The Morgan fingerprint density at radius 3 is 2.64 bits per heavy atom. The van der Waals surface area contributed by atoms with E-state index < -0.39 is 0 Å². The fourth-order valence-electron chi connectivity index (χ4n) is 4.74. The minimum atomic E-state index is -0.0794. The number of nitriles is 1. The highest BCUT2D eigenvalue weighted by Crippen LogP contribution is 2.30. The number of nitrogens with zero attached hydrogens (tertiary/aromatic N) is 7. The van der Waals surface area contributed by atoms with E-state index in [2.05, 4.69) is 56.8 Å². The maximum Gasteiger partial charge on any atom is 0.252 e. The van der Waals surface area contributed by atoms with Gasteiger partial charge in [0.2, 0.25) is 0 Å². The lowest BCUT2D eigenvalue weighted by Gasteiger charge is -2.43. The van der Waals surface area contributed by atoms with Gasteiger partial charge in [-0.2, -0.15) is 5.26 Å². The van der Waals surface area contributed by atoms with Crippen molar-refractivity contribution in [1.29, 1.82) is 5.26 Å². The fraction of sp³-hybridized carbons (Fsp3) is 0.320. The van der Waals surface area contributed by atoms with E-state index in [4.69, 9.17) is 0 Å². The standard InChI is InChI=1S/C25H25N7O/c1-16-15-31(17(2)18-4-6-20-21(12-18)28-9-8-27-20)10-11-32(16)23-13-24(33)30(3)22-7-5-19(14-26)29-25(22)23/h4-9,12-13,16-17H,10-11,15H2,1-3H3/t16-,17?/m0/s1. The second-order valence-electron chi connectivity index (χ2n) is 8.62. The fourth-order valence-corrected chi connectivity index (χ4v) is 4.74. The minimum Gasteiger partial charge on any atom is -0.364 e. The Labute approximate surface area is 191 Å². The Bertz CT molecular complexity index is 1460. The molecule has 0 radical (unpaired) electrons. The molecule has 1 aliphatic heterocycles. The molecule has 8 heteroatoms. The Morgan fingerprint density at radius 1 is 1.09 bits per heavy atom. The Morgan fingerprint density at radius 2 is 1.88 bits per heavy atom. The highest BCUT2D eigenvalue weighted by molar-refractivity contribution is 5.89. The molecule has 3 aromatic heterocycles. The van der Waals surface area contributed by atoms with E-state index in [1.807, 2.05) is 6.07 Å². The van der Waals surface area contributed by atoms with Crippen LogP contribution in [0.3, 0.4) is 0 Å². The zero-order chi connectivity index (χ0) is 23.1. The normalized spacial score (nSPS) is 17.9. The van der Waals surface area contributed by atoms with Gasteiger partial charge in [-0.15, -0.1) is 0 Å². The van der Waals surface area contributed by atoms with Gasteiger partial charge in [0.15, 0.2) is 0 Å².